The van der Waals surface area contributed by atoms with Crippen LogP contribution < -0.4 is 10.1 Å². The lowest BCUT2D eigenvalue weighted by Gasteiger charge is -2.09. The van der Waals surface area contributed by atoms with Crippen LogP contribution >= 0.6 is 11.3 Å². The minimum absolute atomic E-state index is 0.0938. The number of para-hydroxylation sites is 1. The summed E-state index contributed by atoms with van der Waals surface area (Å²) in [4.78, 5) is 17.4. The van der Waals surface area contributed by atoms with Crippen LogP contribution in [0.2, 0.25) is 0 Å². The van der Waals surface area contributed by atoms with E-state index < -0.39 is 0 Å². The predicted octanol–water partition coefficient (Wildman–Crippen LogP) is 4.28. The molecule has 0 radical (unpaired) electrons. The Morgan fingerprint density at radius 3 is 2.79 bits per heavy atom. The van der Waals surface area contributed by atoms with Crippen molar-refractivity contribution in [3.05, 3.63) is 76.5 Å². The number of halogens is 1. The Balaban J connectivity index is 1.55. The van der Waals surface area contributed by atoms with E-state index in [4.69, 9.17) is 9.26 Å². The first-order valence-electron chi connectivity index (χ1n) is 9.07. The highest BCUT2D eigenvalue weighted by Crippen LogP contribution is 2.34. The van der Waals surface area contributed by atoms with E-state index >= 15 is 0 Å². The van der Waals surface area contributed by atoms with E-state index in [9.17, 15) is 9.18 Å². The normalized spacial score (nSPS) is 11.0. The second kappa shape index (κ2) is 8.40. The SMILES string of the molecule is Cc1noc(CCNC(=O)c2sc3cccc(F)c3c2COc2ccccc2)n1. The summed E-state index contributed by atoms with van der Waals surface area (Å²) in [5.74, 6) is 1.00. The van der Waals surface area contributed by atoms with Gasteiger partial charge in [0.05, 0.1) is 4.88 Å². The van der Waals surface area contributed by atoms with Crippen molar-refractivity contribution in [1.82, 2.24) is 15.5 Å². The molecule has 2 aromatic carbocycles. The third-order valence-corrected chi connectivity index (χ3v) is 5.49. The van der Waals surface area contributed by atoms with E-state index in [0.717, 1.165) is 0 Å². The van der Waals surface area contributed by atoms with Crippen LogP contribution in [0, 0.1) is 12.7 Å². The molecule has 0 atom stereocenters. The average Bonchev–Trinajstić information content (AvgIpc) is 3.31. The molecule has 0 fully saturated rings. The molecule has 4 rings (SSSR count). The number of ether oxygens (including phenoxy) is 1. The number of carbonyl (C=O) groups is 1. The number of nitrogens with one attached hydrogen (secondary N) is 1. The van der Waals surface area contributed by atoms with Crippen molar-refractivity contribution in [3.8, 4) is 5.75 Å². The number of aryl methyl sites for hydroxylation is 1. The van der Waals surface area contributed by atoms with E-state index in [0.29, 0.717) is 51.0 Å². The summed E-state index contributed by atoms with van der Waals surface area (Å²) in [5, 5.41) is 6.99. The lowest BCUT2D eigenvalue weighted by atomic mass is 10.1. The van der Waals surface area contributed by atoms with Crippen LogP contribution in [0.25, 0.3) is 10.1 Å². The molecule has 29 heavy (non-hydrogen) atoms. The second-order valence-electron chi connectivity index (χ2n) is 6.37. The zero-order valence-corrected chi connectivity index (χ0v) is 16.5. The lowest BCUT2D eigenvalue weighted by Crippen LogP contribution is -2.26. The Morgan fingerprint density at radius 2 is 2.03 bits per heavy atom. The highest BCUT2D eigenvalue weighted by molar-refractivity contribution is 7.21. The van der Waals surface area contributed by atoms with E-state index in [1.54, 1.807) is 19.1 Å². The number of amides is 1. The maximum absolute atomic E-state index is 14.5. The van der Waals surface area contributed by atoms with Crippen LogP contribution in [0.1, 0.15) is 27.0 Å². The first kappa shape index (κ1) is 19.1. The van der Waals surface area contributed by atoms with Crippen molar-refractivity contribution in [2.24, 2.45) is 0 Å². The summed E-state index contributed by atoms with van der Waals surface area (Å²) in [6.07, 6.45) is 0.418. The molecule has 148 valence electrons. The molecule has 2 heterocycles. The number of hydrogen-bond acceptors (Lipinski definition) is 6. The fourth-order valence-electron chi connectivity index (χ4n) is 2.97. The summed E-state index contributed by atoms with van der Waals surface area (Å²) in [6.45, 7) is 2.16. The monoisotopic (exact) mass is 411 g/mol. The zero-order chi connectivity index (χ0) is 20.2. The van der Waals surface area contributed by atoms with Crippen molar-refractivity contribution >= 4 is 27.3 Å². The van der Waals surface area contributed by atoms with E-state index in [-0.39, 0.29) is 18.3 Å². The maximum atomic E-state index is 14.5. The van der Waals surface area contributed by atoms with Crippen molar-refractivity contribution in [2.45, 2.75) is 20.0 Å². The fraction of sp³-hybridized carbons (Fsp3) is 0.190. The van der Waals surface area contributed by atoms with Crippen LogP contribution in [0.15, 0.2) is 53.1 Å². The molecule has 1 amide bonds. The van der Waals surface area contributed by atoms with E-state index in [1.807, 2.05) is 30.3 Å². The predicted molar refractivity (Wildman–Crippen MR) is 108 cm³/mol. The molecule has 0 bridgehead atoms. The third-order valence-electron chi connectivity index (χ3n) is 4.29. The van der Waals surface area contributed by atoms with Gasteiger partial charge in [-0.2, -0.15) is 4.98 Å². The number of carbonyl (C=O) groups excluding carboxylic acids is 1. The van der Waals surface area contributed by atoms with Gasteiger partial charge in [0, 0.05) is 28.6 Å². The Morgan fingerprint density at radius 1 is 1.21 bits per heavy atom. The first-order chi connectivity index (χ1) is 14.1. The summed E-state index contributed by atoms with van der Waals surface area (Å²) in [6, 6.07) is 14.1. The van der Waals surface area contributed by atoms with Crippen LogP contribution in [0.3, 0.4) is 0 Å². The van der Waals surface area contributed by atoms with Crippen molar-refractivity contribution in [2.75, 3.05) is 6.54 Å². The van der Waals surface area contributed by atoms with Gasteiger partial charge in [0.25, 0.3) is 5.91 Å². The highest BCUT2D eigenvalue weighted by atomic mass is 32.1. The smallest absolute Gasteiger partial charge is 0.261 e. The molecule has 1 N–H and O–H groups in total. The summed E-state index contributed by atoms with van der Waals surface area (Å²) >= 11 is 1.25. The van der Waals surface area contributed by atoms with Gasteiger partial charge in [-0.25, -0.2) is 4.39 Å². The number of benzene rings is 2. The Kier molecular flexibility index (Phi) is 5.53. The minimum atomic E-state index is -0.370. The molecule has 0 unspecified atom stereocenters. The number of aromatic nitrogens is 2. The molecular formula is C21H18FN3O3S. The molecule has 0 aliphatic heterocycles. The minimum Gasteiger partial charge on any atom is -0.489 e. The van der Waals surface area contributed by atoms with Crippen LogP contribution in [-0.2, 0) is 13.0 Å². The van der Waals surface area contributed by atoms with E-state index in [2.05, 4.69) is 15.5 Å². The van der Waals surface area contributed by atoms with Gasteiger partial charge in [-0.15, -0.1) is 11.3 Å². The molecule has 6 nitrogen and oxygen atoms in total. The van der Waals surface area contributed by atoms with Crippen molar-refractivity contribution in [3.63, 3.8) is 0 Å². The van der Waals surface area contributed by atoms with Crippen LogP contribution in [0.4, 0.5) is 4.39 Å². The fourth-order valence-corrected chi connectivity index (χ4v) is 4.10. The van der Waals surface area contributed by atoms with Gasteiger partial charge in [-0.3, -0.25) is 4.79 Å². The molecule has 8 heteroatoms. The largest absolute Gasteiger partial charge is 0.489 e. The number of thiophene rings is 1. The Hall–Kier alpha value is -3.26. The molecule has 0 aliphatic carbocycles. The molecular weight excluding hydrogens is 393 g/mol. The summed E-state index contributed by atoms with van der Waals surface area (Å²) < 4.78 is 26.1. The number of nitrogens with zero attached hydrogens (tertiary/aromatic N) is 2. The van der Waals surface area contributed by atoms with Gasteiger partial charge < -0.3 is 14.6 Å². The lowest BCUT2D eigenvalue weighted by molar-refractivity contribution is 0.0955. The van der Waals surface area contributed by atoms with Gasteiger partial charge in [0.1, 0.15) is 18.2 Å². The average molecular weight is 411 g/mol. The third kappa shape index (κ3) is 4.27. The molecule has 0 aliphatic rings. The van der Waals surface area contributed by atoms with Gasteiger partial charge in [0.2, 0.25) is 5.89 Å². The summed E-state index contributed by atoms with van der Waals surface area (Å²) in [7, 11) is 0. The molecule has 0 saturated carbocycles. The summed E-state index contributed by atoms with van der Waals surface area (Å²) in [5.41, 5.74) is 0.540. The quantitative estimate of drug-likeness (QED) is 0.491. The van der Waals surface area contributed by atoms with Crippen LogP contribution in [-0.4, -0.2) is 22.6 Å². The second-order valence-corrected chi connectivity index (χ2v) is 7.42. The van der Waals surface area contributed by atoms with E-state index in [1.165, 1.54) is 17.4 Å². The van der Waals surface area contributed by atoms with Gasteiger partial charge in [0.15, 0.2) is 5.82 Å². The maximum Gasteiger partial charge on any atom is 0.261 e. The van der Waals surface area contributed by atoms with Gasteiger partial charge in [-0.1, -0.05) is 29.4 Å². The van der Waals surface area contributed by atoms with Gasteiger partial charge >= 0.3 is 0 Å². The standard InChI is InChI=1S/C21H18FN3O3S/c1-13-24-18(28-25-13)10-11-23-21(26)20-15(12-27-14-6-3-2-4-7-14)19-16(22)8-5-9-17(19)29-20/h2-9H,10-12H2,1H3,(H,23,26). The zero-order valence-electron chi connectivity index (χ0n) is 15.6. The molecule has 4 aromatic rings. The van der Waals surface area contributed by atoms with Crippen molar-refractivity contribution < 1.29 is 18.4 Å². The number of hydrogen-bond donors (Lipinski definition) is 1. The Bertz CT molecular complexity index is 1140. The first-order valence-corrected chi connectivity index (χ1v) is 9.88. The Labute approximate surface area is 170 Å². The number of fused-ring (bicyclic) bond motifs is 1. The molecule has 0 saturated heterocycles. The highest BCUT2D eigenvalue weighted by Gasteiger charge is 2.21. The van der Waals surface area contributed by atoms with Gasteiger partial charge in [-0.05, 0) is 31.2 Å². The number of rotatable bonds is 7. The van der Waals surface area contributed by atoms with Crippen molar-refractivity contribution in [1.29, 1.82) is 0 Å². The molecule has 2 aromatic heterocycles. The topological polar surface area (TPSA) is 77.2 Å². The molecule has 0 spiro atoms. The van der Waals surface area contributed by atoms with Crippen LogP contribution in [0.5, 0.6) is 5.75 Å².